The zero-order valence-corrected chi connectivity index (χ0v) is 8.71. The van der Waals surface area contributed by atoms with E-state index in [0.29, 0.717) is 5.39 Å². The predicted octanol–water partition coefficient (Wildman–Crippen LogP) is 2.43. The summed E-state index contributed by atoms with van der Waals surface area (Å²) in [6.45, 7) is -0.892. The van der Waals surface area contributed by atoms with Crippen molar-refractivity contribution in [3.8, 4) is 0 Å². The first-order chi connectivity index (χ1) is 8.17. The van der Waals surface area contributed by atoms with Crippen LogP contribution >= 0.6 is 0 Å². The summed E-state index contributed by atoms with van der Waals surface area (Å²) in [4.78, 5) is 14.3. The van der Waals surface area contributed by atoms with Gasteiger partial charge in [-0.3, -0.25) is 0 Å². The Hall–Kier alpha value is -2.26. The number of hydrogen-bond acceptors (Lipinski definition) is 3. The van der Waals surface area contributed by atoms with Gasteiger partial charge in [-0.05, 0) is 17.7 Å². The standard InChI is InChI=1S/C12H8F2N2O/c13-5-8-2-1-7-3-4-10(15)16-12(7)11(8)9(14)6-17/h1-4H,5H2,(H2,15,16). The number of carbonyl (C=O) groups excluding carboxylic acids is 1. The monoisotopic (exact) mass is 234 g/mol. The molecule has 0 aliphatic carbocycles. The molecule has 1 aromatic carbocycles. The van der Waals surface area contributed by atoms with Gasteiger partial charge in [-0.25, -0.2) is 14.2 Å². The van der Waals surface area contributed by atoms with E-state index in [1.807, 2.05) is 0 Å². The largest absolute Gasteiger partial charge is 0.384 e. The predicted molar refractivity (Wildman–Crippen MR) is 61.2 cm³/mol. The van der Waals surface area contributed by atoms with E-state index in [9.17, 15) is 13.6 Å². The van der Waals surface area contributed by atoms with Gasteiger partial charge in [0, 0.05) is 5.39 Å². The lowest BCUT2D eigenvalue weighted by atomic mass is 10.0. The Labute approximate surface area is 95.6 Å². The number of aromatic nitrogens is 1. The number of benzene rings is 1. The number of fused-ring (bicyclic) bond motifs is 1. The van der Waals surface area contributed by atoms with Gasteiger partial charge in [0.25, 0.3) is 0 Å². The molecule has 2 aromatic rings. The number of alkyl halides is 1. The Balaban J connectivity index is 2.91. The summed E-state index contributed by atoms with van der Waals surface area (Å²) in [5.74, 6) is 0.129. The maximum absolute atomic E-state index is 13.4. The molecule has 2 N–H and O–H groups in total. The van der Waals surface area contributed by atoms with Crippen molar-refractivity contribution >= 4 is 28.5 Å². The van der Waals surface area contributed by atoms with Gasteiger partial charge in [-0.1, -0.05) is 12.1 Å². The summed E-state index contributed by atoms with van der Waals surface area (Å²) < 4.78 is 26.2. The molecule has 0 atom stereocenters. The summed E-state index contributed by atoms with van der Waals surface area (Å²) in [6.07, 6.45) is 0. The van der Waals surface area contributed by atoms with Crippen LogP contribution in [0.5, 0.6) is 0 Å². The first kappa shape index (κ1) is 11.2. The van der Waals surface area contributed by atoms with Crippen LogP contribution in [-0.2, 0) is 11.5 Å². The number of nitrogens with zero attached hydrogens (tertiary/aromatic N) is 1. The second-order valence-corrected chi connectivity index (χ2v) is 3.46. The number of anilines is 1. The number of pyridine rings is 1. The third-order valence-electron chi connectivity index (χ3n) is 2.42. The third-order valence-corrected chi connectivity index (χ3v) is 2.42. The smallest absolute Gasteiger partial charge is 0.216 e. The van der Waals surface area contributed by atoms with E-state index < -0.39 is 12.5 Å². The van der Waals surface area contributed by atoms with Crippen molar-refractivity contribution in [2.24, 2.45) is 0 Å². The molecular formula is C12H8F2N2O. The van der Waals surface area contributed by atoms with Crippen LogP contribution in [0.4, 0.5) is 14.6 Å². The van der Waals surface area contributed by atoms with E-state index in [4.69, 9.17) is 5.73 Å². The first-order valence-electron chi connectivity index (χ1n) is 4.82. The van der Waals surface area contributed by atoms with E-state index in [1.54, 1.807) is 18.2 Å². The maximum Gasteiger partial charge on any atom is 0.216 e. The number of hydrogen-bond donors (Lipinski definition) is 1. The minimum atomic E-state index is -1.17. The zero-order chi connectivity index (χ0) is 12.4. The minimum absolute atomic E-state index is 0.0523. The summed E-state index contributed by atoms with van der Waals surface area (Å²) in [5.41, 5.74) is 5.54. The van der Waals surface area contributed by atoms with E-state index in [2.05, 4.69) is 4.98 Å². The van der Waals surface area contributed by atoms with Crippen LogP contribution < -0.4 is 5.73 Å². The topological polar surface area (TPSA) is 56.0 Å². The molecule has 3 nitrogen and oxygen atoms in total. The second-order valence-electron chi connectivity index (χ2n) is 3.46. The highest BCUT2D eigenvalue weighted by molar-refractivity contribution is 5.97. The molecule has 0 saturated carbocycles. The summed E-state index contributed by atoms with van der Waals surface area (Å²) in [6, 6.07) is 6.18. The molecule has 17 heavy (non-hydrogen) atoms. The van der Waals surface area contributed by atoms with Crippen molar-refractivity contribution in [1.82, 2.24) is 4.98 Å². The Bertz CT molecular complexity index is 634. The lowest BCUT2D eigenvalue weighted by Crippen LogP contribution is -1.96. The molecule has 1 heterocycles. The van der Waals surface area contributed by atoms with Crippen molar-refractivity contribution in [2.75, 3.05) is 5.73 Å². The van der Waals surface area contributed by atoms with Crippen molar-refractivity contribution in [1.29, 1.82) is 0 Å². The quantitative estimate of drug-likeness (QED) is 0.812. The van der Waals surface area contributed by atoms with Gasteiger partial charge in [0.2, 0.25) is 5.83 Å². The van der Waals surface area contributed by atoms with E-state index in [1.165, 1.54) is 6.07 Å². The maximum atomic E-state index is 13.4. The number of nitrogen functional groups attached to an aromatic ring is 1. The van der Waals surface area contributed by atoms with E-state index >= 15 is 0 Å². The summed E-state index contributed by atoms with van der Waals surface area (Å²) >= 11 is 0. The average Bonchev–Trinajstić information content (AvgIpc) is 2.36. The van der Waals surface area contributed by atoms with Crippen LogP contribution in [0.25, 0.3) is 16.7 Å². The number of rotatable bonds is 2. The highest BCUT2D eigenvalue weighted by Crippen LogP contribution is 2.28. The van der Waals surface area contributed by atoms with Crippen LogP contribution in [-0.4, -0.2) is 10.9 Å². The van der Waals surface area contributed by atoms with Crippen LogP contribution in [0.1, 0.15) is 11.1 Å². The van der Waals surface area contributed by atoms with E-state index in [0.717, 1.165) is 5.94 Å². The van der Waals surface area contributed by atoms with Crippen LogP contribution in [0.3, 0.4) is 0 Å². The second kappa shape index (κ2) is 4.31. The number of nitrogens with two attached hydrogens (primary N) is 1. The van der Waals surface area contributed by atoms with Crippen molar-refractivity contribution in [2.45, 2.75) is 6.67 Å². The molecule has 5 heteroatoms. The van der Waals surface area contributed by atoms with Crippen LogP contribution in [0, 0.1) is 0 Å². The molecule has 0 aliphatic heterocycles. The SMILES string of the molecule is Nc1ccc2ccc(CF)c(C(F)=C=O)c2n1. The third kappa shape index (κ3) is 1.88. The fraction of sp³-hybridized carbons (Fsp3) is 0.0833. The molecule has 0 radical (unpaired) electrons. The Kier molecular flexibility index (Phi) is 2.85. The van der Waals surface area contributed by atoms with Gasteiger partial charge in [-0.2, -0.15) is 4.39 Å². The van der Waals surface area contributed by atoms with E-state index in [-0.39, 0.29) is 22.5 Å². The fourth-order valence-electron chi connectivity index (χ4n) is 1.65. The molecule has 1 aromatic heterocycles. The molecule has 86 valence electrons. The first-order valence-corrected chi connectivity index (χ1v) is 4.82. The van der Waals surface area contributed by atoms with Crippen molar-refractivity contribution in [3.05, 3.63) is 35.4 Å². The van der Waals surface area contributed by atoms with Crippen LogP contribution in [0.2, 0.25) is 0 Å². The normalized spacial score (nSPS) is 10.2. The molecule has 2 rings (SSSR count). The van der Waals surface area contributed by atoms with Gasteiger partial charge < -0.3 is 5.73 Å². The average molecular weight is 234 g/mol. The molecule has 0 amide bonds. The lowest BCUT2D eigenvalue weighted by Gasteiger charge is -2.07. The van der Waals surface area contributed by atoms with Gasteiger partial charge in [0.1, 0.15) is 12.5 Å². The highest BCUT2D eigenvalue weighted by Gasteiger charge is 2.14. The Morgan fingerprint density at radius 1 is 1.35 bits per heavy atom. The minimum Gasteiger partial charge on any atom is -0.384 e. The van der Waals surface area contributed by atoms with Gasteiger partial charge >= 0.3 is 0 Å². The fourth-order valence-corrected chi connectivity index (χ4v) is 1.65. The molecule has 0 unspecified atom stereocenters. The Morgan fingerprint density at radius 3 is 2.71 bits per heavy atom. The van der Waals surface area contributed by atoms with Crippen molar-refractivity contribution in [3.63, 3.8) is 0 Å². The molecule has 0 bridgehead atoms. The lowest BCUT2D eigenvalue weighted by molar-refractivity contribution is 0.484. The zero-order valence-electron chi connectivity index (χ0n) is 8.71. The molecular weight excluding hydrogens is 226 g/mol. The summed E-state index contributed by atoms with van der Waals surface area (Å²) in [5, 5.41) is 0.580. The highest BCUT2D eigenvalue weighted by atomic mass is 19.1. The molecule has 0 fully saturated rings. The van der Waals surface area contributed by atoms with Gasteiger partial charge in [0.05, 0.1) is 11.1 Å². The number of halogens is 2. The van der Waals surface area contributed by atoms with Gasteiger partial charge in [0.15, 0.2) is 5.94 Å². The molecule has 0 aliphatic rings. The molecule has 0 saturated heterocycles. The molecule has 0 spiro atoms. The Morgan fingerprint density at radius 2 is 2.06 bits per heavy atom. The van der Waals surface area contributed by atoms with Gasteiger partial charge in [-0.15, -0.1) is 0 Å². The van der Waals surface area contributed by atoms with Crippen LogP contribution in [0.15, 0.2) is 24.3 Å². The summed E-state index contributed by atoms with van der Waals surface area (Å²) in [7, 11) is 0. The van der Waals surface area contributed by atoms with Crippen molar-refractivity contribution < 1.29 is 13.6 Å².